The predicted octanol–water partition coefficient (Wildman–Crippen LogP) is 1.78. The van der Waals surface area contributed by atoms with Gasteiger partial charge in [-0.1, -0.05) is 24.3 Å². The summed E-state index contributed by atoms with van der Waals surface area (Å²) in [6.45, 7) is 2.83. The van der Waals surface area contributed by atoms with Gasteiger partial charge in [-0.05, 0) is 50.2 Å². The lowest BCUT2D eigenvalue weighted by molar-refractivity contribution is 0.0950. The summed E-state index contributed by atoms with van der Waals surface area (Å²) in [6.07, 6.45) is 0.692. The van der Waals surface area contributed by atoms with Crippen molar-refractivity contribution in [2.75, 3.05) is 24.4 Å². The molecule has 0 aromatic heterocycles. The van der Waals surface area contributed by atoms with Crippen LogP contribution >= 0.6 is 0 Å². The molecule has 0 saturated carbocycles. The third kappa shape index (κ3) is 3.59. The first-order valence-electron chi connectivity index (χ1n) is 8.59. The number of nitrogens with one attached hydrogen (secondary N) is 2. The summed E-state index contributed by atoms with van der Waals surface area (Å²) in [4.78, 5) is 12.4. The fourth-order valence-electron chi connectivity index (χ4n) is 2.93. The van der Waals surface area contributed by atoms with Crippen LogP contribution in [0.1, 0.15) is 22.8 Å². The molecule has 138 valence electrons. The van der Waals surface area contributed by atoms with Gasteiger partial charge in [-0.15, -0.1) is 0 Å². The molecule has 1 atom stereocenters. The molecule has 0 spiro atoms. The van der Waals surface area contributed by atoms with E-state index in [1.807, 2.05) is 38.2 Å². The standard InChI is InChI=1S/C19H23N3O3S/c1-14(20-2)13-21-19(23)16-7-5-8-17(12-16)26(24,25)22-11-10-15-6-3-4-9-18(15)22/h3-9,12,14,20H,10-11,13H2,1-2H3,(H,21,23). The van der Waals surface area contributed by atoms with Crippen LogP contribution in [0.15, 0.2) is 53.4 Å². The summed E-state index contributed by atoms with van der Waals surface area (Å²) < 4.78 is 27.6. The van der Waals surface area contributed by atoms with Crippen LogP contribution in [0.4, 0.5) is 5.69 Å². The van der Waals surface area contributed by atoms with E-state index in [9.17, 15) is 13.2 Å². The Hall–Kier alpha value is -2.38. The maximum Gasteiger partial charge on any atom is 0.264 e. The molecule has 0 fully saturated rings. The highest BCUT2D eigenvalue weighted by Crippen LogP contribution is 2.32. The molecule has 1 heterocycles. The Balaban J connectivity index is 1.85. The molecule has 0 saturated heterocycles. The summed E-state index contributed by atoms with van der Waals surface area (Å²) >= 11 is 0. The second-order valence-corrected chi connectivity index (χ2v) is 8.25. The van der Waals surface area contributed by atoms with Gasteiger partial charge in [-0.3, -0.25) is 9.10 Å². The fraction of sp³-hybridized carbons (Fsp3) is 0.316. The number of carbonyl (C=O) groups excluding carboxylic acids is 1. The number of hydrogen-bond acceptors (Lipinski definition) is 4. The van der Waals surface area contributed by atoms with Crippen LogP contribution in [0, 0.1) is 0 Å². The van der Waals surface area contributed by atoms with E-state index in [1.165, 1.54) is 16.4 Å². The van der Waals surface area contributed by atoms with Gasteiger partial charge in [0.1, 0.15) is 0 Å². The van der Waals surface area contributed by atoms with E-state index >= 15 is 0 Å². The van der Waals surface area contributed by atoms with Crippen LogP contribution in [0.3, 0.4) is 0 Å². The molecule has 2 aromatic carbocycles. The highest BCUT2D eigenvalue weighted by molar-refractivity contribution is 7.92. The molecule has 1 aliphatic rings. The Bertz CT molecular complexity index is 912. The van der Waals surface area contributed by atoms with Gasteiger partial charge in [0, 0.05) is 24.7 Å². The van der Waals surface area contributed by atoms with Crippen LogP contribution in [-0.2, 0) is 16.4 Å². The van der Waals surface area contributed by atoms with E-state index in [0.717, 1.165) is 5.56 Å². The second-order valence-electron chi connectivity index (χ2n) is 6.38. The third-order valence-corrected chi connectivity index (χ3v) is 6.40. The molecule has 3 rings (SSSR count). The number of hydrogen-bond donors (Lipinski definition) is 2. The van der Waals surface area contributed by atoms with Crippen LogP contribution in [0.25, 0.3) is 0 Å². The van der Waals surface area contributed by atoms with Gasteiger partial charge in [-0.2, -0.15) is 0 Å². The zero-order chi connectivity index (χ0) is 18.7. The largest absolute Gasteiger partial charge is 0.350 e. The minimum absolute atomic E-state index is 0.128. The third-order valence-electron chi connectivity index (χ3n) is 4.59. The lowest BCUT2D eigenvalue weighted by atomic mass is 10.2. The molecule has 0 aliphatic carbocycles. The summed E-state index contributed by atoms with van der Waals surface area (Å²) in [6, 6.07) is 13.8. The minimum Gasteiger partial charge on any atom is -0.350 e. The van der Waals surface area contributed by atoms with E-state index in [2.05, 4.69) is 10.6 Å². The Morgan fingerprint density at radius 1 is 1.19 bits per heavy atom. The SMILES string of the molecule is CNC(C)CNC(=O)c1cccc(S(=O)(=O)N2CCc3ccccc32)c1. The van der Waals surface area contributed by atoms with Crippen LogP contribution in [0.5, 0.6) is 0 Å². The molecule has 0 bridgehead atoms. The normalized spacial score (nSPS) is 14.8. The van der Waals surface area contributed by atoms with Crippen molar-refractivity contribution in [2.45, 2.75) is 24.3 Å². The summed E-state index contributed by atoms with van der Waals surface area (Å²) in [5.41, 5.74) is 2.07. The number of sulfonamides is 1. The van der Waals surface area contributed by atoms with Crippen LogP contribution in [-0.4, -0.2) is 40.5 Å². The quantitative estimate of drug-likeness (QED) is 0.809. The number of rotatable bonds is 6. The van der Waals surface area contributed by atoms with Gasteiger partial charge in [-0.25, -0.2) is 8.42 Å². The topological polar surface area (TPSA) is 78.5 Å². The van der Waals surface area contributed by atoms with Gasteiger partial charge in [0.2, 0.25) is 0 Å². The number of nitrogens with zero attached hydrogens (tertiary/aromatic N) is 1. The van der Waals surface area contributed by atoms with Crippen molar-refractivity contribution >= 4 is 21.6 Å². The van der Waals surface area contributed by atoms with Gasteiger partial charge in [0.05, 0.1) is 10.6 Å². The minimum atomic E-state index is -3.70. The molecular formula is C19H23N3O3S. The summed E-state index contributed by atoms with van der Waals surface area (Å²) in [7, 11) is -1.89. The monoisotopic (exact) mass is 373 g/mol. The number of fused-ring (bicyclic) bond motifs is 1. The number of anilines is 1. The maximum absolute atomic E-state index is 13.1. The maximum atomic E-state index is 13.1. The lowest BCUT2D eigenvalue weighted by Gasteiger charge is -2.20. The van der Waals surface area contributed by atoms with Gasteiger partial charge >= 0.3 is 0 Å². The molecule has 6 nitrogen and oxygen atoms in total. The molecular weight excluding hydrogens is 350 g/mol. The highest BCUT2D eigenvalue weighted by Gasteiger charge is 2.30. The van der Waals surface area contributed by atoms with Crippen molar-refractivity contribution in [2.24, 2.45) is 0 Å². The number of carbonyl (C=O) groups is 1. The molecule has 2 aromatic rings. The fourth-order valence-corrected chi connectivity index (χ4v) is 4.48. The summed E-state index contributed by atoms with van der Waals surface area (Å²) in [5.74, 6) is -0.286. The molecule has 1 unspecified atom stereocenters. The predicted molar refractivity (Wildman–Crippen MR) is 102 cm³/mol. The first-order valence-corrected chi connectivity index (χ1v) is 10.0. The van der Waals surface area contributed by atoms with Crippen molar-refractivity contribution in [1.82, 2.24) is 10.6 Å². The number of benzene rings is 2. The van der Waals surface area contributed by atoms with E-state index in [-0.39, 0.29) is 16.8 Å². The van der Waals surface area contributed by atoms with Gasteiger partial charge in [0.25, 0.3) is 15.9 Å². The molecule has 1 aliphatic heterocycles. The van der Waals surface area contributed by atoms with Crippen molar-refractivity contribution in [3.8, 4) is 0 Å². The Kier molecular flexibility index (Phi) is 5.29. The smallest absolute Gasteiger partial charge is 0.264 e. The van der Waals surface area contributed by atoms with Crippen LogP contribution in [0.2, 0.25) is 0 Å². The average Bonchev–Trinajstić information content (AvgIpc) is 3.10. The number of likely N-dealkylation sites (N-methyl/N-ethyl adjacent to an activating group) is 1. The van der Waals surface area contributed by atoms with Crippen molar-refractivity contribution in [1.29, 1.82) is 0 Å². The molecule has 1 amide bonds. The Labute approximate surface area is 154 Å². The highest BCUT2D eigenvalue weighted by atomic mass is 32.2. The number of para-hydroxylation sites is 1. The molecule has 26 heavy (non-hydrogen) atoms. The number of amides is 1. The van der Waals surface area contributed by atoms with Crippen molar-refractivity contribution in [3.05, 3.63) is 59.7 Å². The van der Waals surface area contributed by atoms with E-state index < -0.39 is 10.0 Å². The average molecular weight is 373 g/mol. The zero-order valence-electron chi connectivity index (χ0n) is 14.9. The molecule has 0 radical (unpaired) electrons. The second kappa shape index (κ2) is 7.47. The van der Waals surface area contributed by atoms with Crippen molar-refractivity contribution < 1.29 is 13.2 Å². The van der Waals surface area contributed by atoms with E-state index in [4.69, 9.17) is 0 Å². The first-order chi connectivity index (χ1) is 12.4. The molecule has 2 N–H and O–H groups in total. The van der Waals surface area contributed by atoms with Gasteiger partial charge in [0.15, 0.2) is 0 Å². The Morgan fingerprint density at radius 3 is 2.73 bits per heavy atom. The van der Waals surface area contributed by atoms with Gasteiger partial charge < -0.3 is 10.6 Å². The summed E-state index contributed by atoms with van der Waals surface area (Å²) in [5, 5.41) is 5.84. The van der Waals surface area contributed by atoms with Crippen molar-refractivity contribution in [3.63, 3.8) is 0 Å². The van der Waals surface area contributed by atoms with Crippen LogP contribution < -0.4 is 14.9 Å². The Morgan fingerprint density at radius 2 is 1.96 bits per heavy atom. The van der Waals surface area contributed by atoms with E-state index in [0.29, 0.717) is 30.8 Å². The first kappa shape index (κ1) is 18.4. The lowest BCUT2D eigenvalue weighted by Crippen LogP contribution is -2.37. The van der Waals surface area contributed by atoms with E-state index in [1.54, 1.807) is 12.1 Å². The zero-order valence-corrected chi connectivity index (χ0v) is 15.7. The molecule has 7 heteroatoms.